The predicted octanol–water partition coefficient (Wildman–Crippen LogP) is 6.13. The highest BCUT2D eigenvalue weighted by molar-refractivity contribution is 5.85. The van der Waals surface area contributed by atoms with E-state index in [2.05, 4.69) is 4.74 Å². The molecular weight excluding hydrogens is 374 g/mol. The van der Waals surface area contributed by atoms with Crippen LogP contribution in [0.15, 0.2) is 54.6 Å². The Morgan fingerprint density at radius 1 is 0.778 bits per heavy atom. The van der Waals surface area contributed by atoms with Crippen LogP contribution in [0, 0.1) is 5.82 Å². The first kappa shape index (κ1) is 18.9. The number of methoxy groups -OCH3 is 1. The SMILES string of the molecule is COc1ccc(C(F)(F)Oc2ccc3c(F)c(C(F)(F)F)ccc3c2)cc1. The van der Waals surface area contributed by atoms with Gasteiger partial charge in [0, 0.05) is 5.39 Å². The zero-order valence-corrected chi connectivity index (χ0v) is 13.8. The van der Waals surface area contributed by atoms with Gasteiger partial charge in [0.2, 0.25) is 0 Å². The summed E-state index contributed by atoms with van der Waals surface area (Å²) in [4.78, 5) is 0. The van der Waals surface area contributed by atoms with Gasteiger partial charge in [-0.05, 0) is 53.9 Å². The molecule has 0 spiro atoms. The number of ether oxygens (including phenoxy) is 2. The molecule has 0 unspecified atom stereocenters. The standard InChI is InChI=1S/C19H12F6O2/c1-26-13-5-3-12(4-6-13)19(24,25)27-14-7-8-15-11(10-14)2-9-16(17(15)20)18(21,22)23/h2-10H,1H3. The molecule has 3 rings (SSSR count). The minimum Gasteiger partial charge on any atom is -0.497 e. The first-order valence-electron chi connectivity index (χ1n) is 7.62. The summed E-state index contributed by atoms with van der Waals surface area (Å²) in [6, 6.07) is 9.48. The third kappa shape index (κ3) is 3.79. The summed E-state index contributed by atoms with van der Waals surface area (Å²) in [5.41, 5.74) is -1.87. The highest BCUT2D eigenvalue weighted by atomic mass is 19.4. The molecule has 0 fully saturated rings. The van der Waals surface area contributed by atoms with Crippen molar-refractivity contribution in [2.75, 3.05) is 7.11 Å². The quantitative estimate of drug-likeness (QED) is 0.502. The maximum Gasteiger partial charge on any atom is 0.426 e. The summed E-state index contributed by atoms with van der Waals surface area (Å²) in [6.45, 7) is 0. The largest absolute Gasteiger partial charge is 0.497 e. The Bertz CT molecular complexity index is 964. The van der Waals surface area contributed by atoms with Gasteiger partial charge in [0.15, 0.2) is 0 Å². The van der Waals surface area contributed by atoms with E-state index in [1.165, 1.54) is 19.2 Å². The van der Waals surface area contributed by atoms with Gasteiger partial charge in [-0.3, -0.25) is 0 Å². The number of rotatable bonds is 4. The van der Waals surface area contributed by atoms with Crippen molar-refractivity contribution >= 4 is 10.8 Å². The van der Waals surface area contributed by atoms with Crippen molar-refractivity contribution in [3.05, 3.63) is 71.5 Å². The van der Waals surface area contributed by atoms with Gasteiger partial charge >= 0.3 is 12.3 Å². The van der Waals surface area contributed by atoms with E-state index in [0.717, 1.165) is 36.4 Å². The van der Waals surface area contributed by atoms with Crippen LogP contribution in [-0.2, 0) is 12.3 Å². The lowest BCUT2D eigenvalue weighted by Gasteiger charge is -2.19. The van der Waals surface area contributed by atoms with E-state index < -0.39 is 29.2 Å². The van der Waals surface area contributed by atoms with E-state index in [4.69, 9.17) is 4.74 Å². The summed E-state index contributed by atoms with van der Waals surface area (Å²) < 4.78 is 90.5. The van der Waals surface area contributed by atoms with Gasteiger partial charge in [0.1, 0.15) is 17.3 Å². The number of fused-ring (bicyclic) bond motifs is 1. The summed E-state index contributed by atoms with van der Waals surface area (Å²) in [7, 11) is 1.39. The van der Waals surface area contributed by atoms with Crippen LogP contribution in [0.1, 0.15) is 11.1 Å². The van der Waals surface area contributed by atoms with Crippen LogP contribution in [0.3, 0.4) is 0 Å². The van der Waals surface area contributed by atoms with Crippen molar-refractivity contribution in [3.8, 4) is 11.5 Å². The summed E-state index contributed by atoms with van der Waals surface area (Å²) >= 11 is 0. The summed E-state index contributed by atoms with van der Waals surface area (Å²) in [5, 5.41) is -0.339. The number of benzene rings is 3. The Kier molecular flexibility index (Phi) is 4.67. The third-order valence-electron chi connectivity index (χ3n) is 3.90. The number of hydrogen-bond donors (Lipinski definition) is 0. The van der Waals surface area contributed by atoms with Gasteiger partial charge in [-0.15, -0.1) is 0 Å². The van der Waals surface area contributed by atoms with E-state index in [1.54, 1.807) is 0 Å². The van der Waals surface area contributed by atoms with Crippen LogP contribution < -0.4 is 9.47 Å². The molecule has 0 aliphatic rings. The zero-order chi connectivity index (χ0) is 19.8. The monoisotopic (exact) mass is 386 g/mol. The Balaban J connectivity index is 1.93. The smallest absolute Gasteiger partial charge is 0.426 e. The van der Waals surface area contributed by atoms with E-state index in [1.807, 2.05) is 0 Å². The molecule has 0 heterocycles. The van der Waals surface area contributed by atoms with Gasteiger partial charge in [-0.1, -0.05) is 6.07 Å². The van der Waals surface area contributed by atoms with Crippen LogP contribution >= 0.6 is 0 Å². The average Bonchev–Trinajstić information content (AvgIpc) is 2.60. The molecule has 3 aromatic carbocycles. The minimum absolute atomic E-state index is 0.00327. The molecule has 8 heteroatoms. The van der Waals surface area contributed by atoms with Gasteiger partial charge in [-0.2, -0.15) is 22.0 Å². The normalized spacial score (nSPS) is 12.3. The van der Waals surface area contributed by atoms with Crippen LogP contribution in [0.4, 0.5) is 26.3 Å². The summed E-state index contributed by atoms with van der Waals surface area (Å²) in [6.07, 6.45) is -8.56. The molecule has 142 valence electrons. The molecule has 2 nitrogen and oxygen atoms in total. The second-order valence-corrected chi connectivity index (χ2v) is 5.66. The van der Waals surface area contributed by atoms with Crippen LogP contribution in [-0.4, -0.2) is 7.11 Å². The van der Waals surface area contributed by atoms with Crippen LogP contribution in [0.5, 0.6) is 11.5 Å². The number of hydrogen-bond acceptors (Lipinski definition) is 2. The van der Waals surface area contributed by atoms with Crippen LogP contribution in [0.2, 0.25) is 0 Å². The van der Waals surface area contributed by atoms with Gasteiger partial charge in [0.05, 0.1) is 18.2 Å². The van der Waals surface area contributed by atoms with E-state index in [9.17, 15) is 26.3 Å². The lowest BCUT2D eigenvalue weighted by Crippen LogP contribution is -2.21. The molecule has 0 saturated heterocycles. The fourth-order valence-corrected chi connectivity index (χ4v) is 2.54. The van der Waals surface area contributed by atoms with E-state index in [0.29, 0.717) is 11.8 Å². The third-order valence-corrected chi connectivity index (χ3v) is 3.90. The average molecular weight is 386 g/mol. The molecule has 0 atom stereocenters. The Hall–Kier alpha value is -2.90. The lowest BCUT2D eigenvalue weighted by molar-refractivity contribution is -0.185. The molecule has 27 heavy (non-hydrogen) atoms. The van der Waals surface area contributed by atoms with Crippen molar-refractivity contribution in [1.82, 2.24) is 0 Å². The van der Waals surface area contributed by atoms with Crippen molar-refractivity contribution in [1.29, 1.82) is 0 Å². The van der Waals surface area contributed by atoms with E-state index in [-0.39, 0.29) is 16.5 Å². The molecule has 0 aromatic heterocycles. The second-order valence-electron chi connectivity index (χ2n) is 5.66. The molecule has 0 aliphatic carbocycles. The predicted molar refractivity (Wildman–Crippen MR) is 86.4 cm³/mol. The maximum atomic E-state index is 14.3. The minimum atomic E-state index is -4.85. The molecule has 0 bridgehead atoms. The number of alkyl halides is 5. The fraction of sp³-hybridized carbons (Fsp3) is 0.158. The van der Waals surface area contributed by atoms with Crippen molar-refractivity contribution < 1.29 is 35.8 Å². The molecule has 0 saturated carbocycles. The van der Waals surface area contributed by atoms with Gasteiger partial charge < -0.3 is 9.47 Å². The fourth-order valence-electron chi connectivity index (χ4n) is 2.54. The molecule has 0 aliphatic heterocycles. The topological polar surface area (TPSA) is 18.5 Å². The van der Waals surface area contributed by atoms with Crippen molar-refractivity contribution in [2.24, 2.45) is 0 Å². The van der Waals surface area contributed by atoms with Gasteiger partial charge in [0.25, 0.3) is 0 Å². The van der Waals surface area contributed by atoms with Gasteiger partial charge in [-0.25, -0.2) is 4.39 Å². The Morgan fingerprint density at radius 3 is 2.00 bits per heavy atom. The summed E-state index contributed by atoms with van der Waals surface area (Å²) in [5.74, 6) is -1.40. The molecule has 3 aromatic rings. The first-order chi connectivity index (χ1) is 12.6. The van der Waals surface area contributed by atoms with Crippen LogP contribution in [0.25, 0.3) is 10.8 Å². The Labute approximate surface area is 149 Å². The second kappa shape index (κ2) is 6.68. The van der Waals surface area contributed by atoms with Crippen molar-refractivity contribution in [3.63, 3.8) is 0 Å². The maximum absolute atomic E-state index is 14.3. The zero-order valence-electron chi connectivity index (χ0n) is 13.8. The highest BCUT2D eigenvalue weighted by Gasteiger charge is 2.36. The van der Waals surface area contributed by atoms with Crippen molar-refractivity contribution in [2.45, 2.75) is 12.3 Å². The molecule has 0 N–H and O–H groups in total. The first-order valence-corrected chi connectivity index (χ1v) is 7.62. The Morgan fingerprint density at radius 2 is 1.41 bits per heavy atom. The lowest BCUT2D eigenvalue weighted by atomic mass is 10.1. The highest BCUT2D eigenvalue weighted by Crippen LogP contribution is 2.37. The molecule has 0 amide bonds. The molecular formula is C19H12F6O2. The van der Waals surface area contributed by atoms with E-state index >= 15 is 0 Å². The number of halogens is 6. The molecule has 0 radical (unpaired) electrons.